The van der Waals surface area contributed by atoms with Crippen molar-refractivity contribution >= 4 is 5.97 Å². The molecule has 2 aromatic heterocycles. The molecule has 0 saturated heterocycles. The molecular formula is C20H22N4O2. The van der Waals surface area contributed by atoms with Gasteiger partial charge in [-0.05, 0) is 38.5 Å². The number of carbonyl (C=O) groups is 1. The summed E-state index contributed by atoms with van der Waals surface area (Å²) in [7, 11) is 1.44. The molecule has 134 valence electrons. The van der Waals surface area contributed by atoms with Gasteiger partial charge in [-0.15, -0.1) is 10.2 Å². The number of methoxy groups -OCH3 is 1. The van der Waals surface area contributed by atoms with Gasteiger partial charge in [0.15, 0.2) is 5.82 Å². The fourth-order valence-corrected chi connectivity index (χ4v) is 3.86. The fourth-order valence-electron chi connectivity index (χ4n) is 3.86. The lowest BCUT2D eigenvalue weighted by molar-refractivity contribution is -0.146. The molecule has 0 spiro atoms. The van der Waals surface area contributed by atoms with Gasteiger partial charge >= 0.3 is 5.97 Å². The summed E-state index contributed by atoms with van der Waals surface area (Å²) in [5.41, 5.74) is 4.52. The number of ether oxygens (including phenoxy) is 1. The Hall–Kier alpha value is -2.89. The van der Waals surface area contributed by atoms with Gasteiger partial charge in [-0.3, -0.25) is 4.79 Å². The SMILES string of the molecule is COC(=O)C1CCn2c(nnc2-c2cc(C)n(-c3ccccc3)c2C)C1. The molecular weight excluding hydrogens is 328 g/mol. The predicted octanol–water partition coefficient (Wildman–Crippen LogP) is 3.09. The Balaban J connectivity index is 1.73. The first-order valence-corrected chi connectivity index (χ1v) is 8.84. The molecule has 0 bridgehead atoms. The minimum absolute atomic E-state index is 0.124. The van der Waals surface area contributed by atoms with E-state index in [0.717, 1.165) is 47.3 Å². The highest BCUT2D eigenvalue weighted by atomic mass is 16.5. The maximum Gasteiger partial charge on any atom is 0.309 e. The summed E-state index contributed by atoms with van der Waals surface area (Å²) in [5.74, 6) is 1.44. The second-order valence-corrected chi connectivity index (χ2v) is 6.76. The van der Waals surface area contributed by atoms with E-state index in [1.165, 1.54) is 7.11 Å². The molecule has 3 aromatic rings. The molecule has 0 aliphatic carbocycles. The van der Waals surface area contributed by atoms with E-state index < -0.39 is 0 Å². The topological polar surface area (TPSA) is 61.9 Å². The molecule has 26 heavy (non-hydrogen) atoms. The lowest BCUT2D eigenvalue weighted by Crippen LogP contribution is -2.27. The lowest BCUT2D eigenvalue weighted by Gasteiger charge is -2.21. The first-order valence-electron chi connectivity index (χ1n) is 8.84. The predicted molar refractivity (Wildman–Crippen MR) is 98.1 cm³/mol. The van der Waals surface area contributed by atoms with Crippen LogP contribution >= 0.6 is 0 Å². The van der Waals surface area contributed by atoms with Crippen molar-refractivity contribution in [2.75, 3.05) is 7.11 Å². The summed E-state index contributed by atoms with van der Waals surface area (Å²) in [6, 6.07) is 12.5. The second-order valence-electron chi connectivity index (χ2n) is 6.76. The van der Waals surface area contributed by atoms with E-state index >= 15 is 0 Å². The summed E-state index contributed by atoms with van der Waals surface area (Å²) in [5, 5.41) is 8.79. The molecule has 1 aliphatic heterocycles. The average Bonchev–Trinajstić information content (AvgIpc) is 3.21. The quantitative estimate of drug-likeness (QED) is 0.681. The number of carbonyl (C=O) groups excluding carboxylic acids is 1. The Morgan fingerprint density at radius 1 is 1.19 bits per heavy atom. The van der Waals surface area contributed by atoms with Crippen LogP contribution in [0.4, 0.5) is 0 Å². The highest BCUT2D eigenvalue weighted by Gasteiger charge is 2.29. The molecule has 1 unspecified atom stereocenters. The molecule has 0 fully saturated rings. The summed E-state index contributed by atoms with van der Waals surface area (Å²) < 4.78 is 9.25. The third-order valence-corrected chi connectivity index (χ3v) is 5.18. The lowest BCUT2D eigenvalue weighted by atomic mass is 9.98. The summed E-state index contributed by atoms with van der Waals surface area (Å²) in [4.78, 5) is 11.8. The normalized spacial score (nSPS) is 16.3. The van der Waals surface area contributed by atoms with Gasteiger partial charge in [-0.1, -0.05) is 18.2 Å². The van der Waals surface area contributed by atoms with Crippen molar-refractivity contribution in [3.8, 4) is 17.1 Å². The van der Waals surface area contributed by atoms with Gasteiger partial charge in [-0.2, -0.15) is 0 Å². The highest BCUT2D eigenvalue weighted by molar-refractivity contribution is 5.73. The van der Waals surface area contributed by atoms with E-state index in [-0.39, 0.29) is 11.9 Å². The van der Waals surface area contributed by atoms with Crippen LogP contribution in [-0.2, 0) is 22.5 Å². The molecule has 1 aromatic carbocycles. The maximum absolute atomic E-state index is 11.8. The third kappa shape index (κ3) is 2.62. The minimum Gasteiger partial charge on any atom is -0.469 e. The largest absolute Gasteiger partial charge is 0.469 e. The number of rotatable bonds is 3. The Labute approximate surface area is 152 Å². The van der Waals surface area contributed by atoms with Gasteiger partial charge < -0.3 is 13.9 Å². The molecule has 0 radical (unpaired) electrons. The molecule has 1 aliphatic rings. The van der Waals surface area contributed by atoms with Crippen molar-refractivity contribution in [1.82, 2.24) is 19.3 Å². The van der Waals surface area contributed by atoms with Crippen molar-refractivity contribution in [3.05, 3.63) is 53.6 Å². The standard InChI is InChI=1S/C20H22N4O2/c1-13-11-17(14(2)24(13)16-7-5-4-6-8-16)19-22-21-18-12-15(20(25)26-3)9-10-23(18)19/h4-8,11,15H,9-10,12H2,1-3H3. The smallest absolute Gasteiger partial charge is 0.309 e. The number of para-hydroxylation sites is 1. The molecule has 1 atom stereocenters. The van der Waals surface area contributed by atoms with E-state index in [0.29, 0.717) is 6.42 Å². The van der Waals surface area contributed by atoms with E-state index in [2.05, 4.69) is 51.4 Å². The van der Waals surface area contributed by atoms with E-state index in [1.807, 2.05) is 18.2 Å². The van der Waals surface area contributed by atoms with Crippen LogP contribution in [-0.4, -0.2) is 32.4 Å². The van der Waals surface area contributed by atoms with Crippen LogP contribution in [0.25, 0.3) is 17.1 Å². The zero-order valence-electron chi connectivity index (χ0n) is 15.3. The number of benzene rings is 1. The van der Waals surface area contributed by atoms with Gasteiger partial charge in [0.25, 0.3) is 0 Å². The minimum atomic E-state index is -0.164. The van der Waals surface area contributed by atoms with E-state index in [4.69, 9.17) is 4.74 Å². The molecule has 6 nitrogen and oxygen atoms in total. The number of aromatic nitrogens is 4. The van der Waals surface area contributed by atoms with Crippen molar-refractivity contribution in [1.29, 1.82) is 0 Å². The Bertz CT molecular complexity index is 956. The van der Waals surface area contributed by atoms with Crippen LogP contribution < -0.4 is 0 Å². The van der Waals surface area contributed by atoms with Crippen molar-refractivity contribution in [2.45, 2.75) is 33.2 Å². The van der Waals surface area contributed by atoms with Crippen molar-refractivity contribution < 1.29 is 9.53 Å². The zero-order valence-corrected chi connectivity index (χ0v) is 15.3. The molecule has 3 heterocycles. The number of aryl methyl sites for hydroxylation is 1. The van der Waals surface area contributed by atoms with Crippen LogP contribution in [0, 0.1) is 19.8 Å². The third-order valence-electron chi connectivity index (χ3n) is 5.18. The van der Waals surface area contributed by atoms with Gasteiger partial charge in [0.1, 0.15) is 5.82 Å². The number of fused-ring (bicyclic) bond motifs is 1. The average molecular weight is 350 g/mol. The van der Waals surface area contributed by atoms with Gasteiger partial charge in [-0.25, -0.2) is 0 Å². The summed E-state index contributed by atoms with van der Waals surface area (Å²) in [6.07, 6.45) is 1.33. The van der Waals surface area contributed by atoms with Gasteiger partial charge in [0, 0.05) is 35.6 Å². The van der Waals surface area contributed by atoms with Crippen molar-refractivity contribution in [3.63, 3.8) is 0 Å². The first kappa shape index (κ1) is 16.6. The fraction of sp³-hybridized carbons (Fsp3) is 0.350. The second kappa shape index (κ2) is 6.44. The van der Waals surface area contributed by atoms with E-state index in [1.54, 1.807) is 0 Å². The highest BCUT2D eigenvalue weighted by Crippen LogP contribution is 2.31. The van der Waals surface area contributed by atoms with Crippen LogP contribution in [0.1, 0.15) is 23.6 Å². The number of hydrogen-bond acceptors (Lipinski definition) is 4. The Morgan fingerprint density at radius 3 is 2.69 bits per heavy atom. The van der Waals surface area contributed by atoms with Crippen molar-refractivity contribution in [2.24, 2.45) is 5.92 Å². The summed E-state index contributed by atoms with van der Waals surface area (Å²) in [6.45, 7) is 4.94. The zero-order chi connectivity index (χ0) is 18.3. The van der Waals surface area contributed by atoms with Gasteiger partial charge in [0.05, 0.1) is 13.0 Å². The number of nitrogens with zero attached hydrogens (tertiary/aromatic N) is 4. The maximum atomic E-state index is 11.8. The van der Waals surface area contributed by atoms with Crippen LogP contribution in [0.2, 0.25) is 0 Å². The van der Waals surface area contributed by atoms with Crippen LogP contribution in [0.5, 0.6) is 0 Å². The number of hydrogen-bond donors (Lipinski definition) is 0. The first-order chi connectivity index (χ1) is 12.6. The Kier molecular flexibility index (Phi) is 4.11. The van der Waals surface area contributed by atoms with Gasteiger partial charge in [0.2, 0.25) is 0 Å². The molecule has 6 heteroatoms. The van der Waals surface area contributed by atoms with Crippen LogP contribution in [0.3, 0.4) is 0 Å². The van der Waals surface area contributed by atoms with Crippen LogP contribution in [0.15, 0.2) is 36.4 Å². The molecule has 0 amide bonds. The summed E-state index contributed by atoms with van der Waals surface area (Å²) >= 11 is 0. The molecule has 0 N–H and O–H groups in total. The Morgan fingerprint density at radius 2 is 1.96 bits per heavy atom. The molecule has 4 rings (SSSR count). The monoisotopic (exact) mass is 350 g/mol. The van der Waals surface area contributed by atoms with E-state index in [9.17, 15) is 4.79 Å². The molecule has 0 saturated carbocycles. The number of esters is 1.